The van der Waals surface area contributed by atoms with E-state index in [-0.39, 0.29) is 28.8 Å². The molecule has 8 heteroatoms. The number of carbonyl (C=O) groups is 1. The molecule has 31 heavy (non-hydrogen) atoms. The Hall–Kier alpha value is -3.52. The van der Waals surface area contributed by atoms with E-state index in [0.717, 1.165) is 17.0 Å². The van der Waals surface area contributed by atoms with Crippen molar-refractivity contribution in [1.29, 1.82) is 0 Å². The molecule has 0 bridgehead atoms. The molecule has 158 valence electrons. The van der Waals surface area contributed by atoms with Gasteiger partial charge in [-0.15, -0.1) is 0 Å². The molecule has 0 unspecified atom stereocenters. The third kappa shape index (κ3) is 4.06. The maximum absolute atomic E-state index is 12.7. The molecule has 1 aliphatic rings. The molecule has 7 nitrogen and oxygen atoms in total. The number of aromatic nitrogens is 3. The van der Waals surface area contributed by atoms with Crippen LogP contribution in [0.5, 0.6) is 0 Å². The van der Waals surface area contributed by atoms with Crippen LogP contribution in [0.25, 0.3) is 11.0 Å². The third-order valence-electron chi connectivity index (χ3n) is 4.99. The van der Waals surface area contributed by atoms with E-state index >= 15 is 0 Å². The Labute approximate surface area is 183 Å². The second-order valence-electron chi connectivity index (χ2n) is 7.01. The molecule has 1 aliphatic carbocycles. The summed E-state index contributed by atoms with van der Waals surface area (Å²) in [6, 6.07) is 10.1. The van der Waals surface area contributed by atoms with Crippen molar-refractivity contribution in [3.8, 4) is 0 Å². The van der Waals surface area contributed by atoms with E-state index in [1.807, 2.05) is 18.2 Å². The average molecular weight is 435 g/mol. The summed E-state index contributed by atoms with van der Waals surface area (Å²) in [5.41, 5.74) is 7.89. The standard InChI is InChI=1S/C23H22N4O3S/c1-3-16(15-8-6-5-7-9-15)22-26-27-20(24)17(21(29)25-23(27)31-22)12-14-10-11-18(28)19(13-14)30-4-2/h5-13,16H,3-4,24H2,1-2H3/t16-/m0/s1. The minimum absolute atomic E-state index is 0.0909. The van der Waals surface area contributed by atoms with Crippen molar-refractivity contribution < 1.29 is 9.53 Å². The van der Waals surface area contributed by atoms with Gasteiger partial charge in [0.1, 0.15) is 10.8 Å². The van der Waals surface area contributed by atoms with Gasteiger partial charge in [-0.25, -0.2) is 0 Å². The van der Waals surface area contributed by atoms with Crippen molar-refractivity contribution >= 4 is 34.0 Å². The van der Waals surface area contributed by atoms with Gasteiger partial charge in [0, 0.05) is 5.92 Å². The Bertz CT molecular complexity index is 1290. The van der Waals surface area contributed by atoms with Crippen molar-refractivity contribution in [2.75, 3.05) is 12.3 Å². The molecule has 0 saturated heterocycles. The first-order valence-electron chi connectivity index (χ1n) is 10.0. The highest BCUT2D eigenvalue weighted by molar-refractivity contribution is 7.16. The largest absolute Gasteiger partial charge is 0.490 e. The molecule has 2 heterocycles. The smallest absolute Gasteiger partial charge is 0.283 e. The second kappa shape index (κ2) is 8.69. The molecule has 2 aromatic heterocycles. The lowest BCUT2D eigenvalue weighted by Gasteiger charge is -2.11. The first-order chi connectivity index (χ1) is 15.0. The normalized spacial score (nSPS) is 16.0. The van der Waals surface area contributed by atoms with Crippen molar-refractivity contribution in [2.24, 2.45) is 0 Å². The minimum Gasteiger partial charge on any atom is -0.490 e. The Morgan fingerprint density at radius 2 is 1.97 bits per heavy atom. The number of hydrogen-bond donors (Lipinski definition) is 1. The minimum atomic E-state index is -0.440. The highest BCUT2D eigenvalue weighted by Crippen LogP contribution is 2.31. The second-order valence-corrected chi connectivity index (χ2v) is 7.99. The summed E-state index contributed by atoms with van der Waals surface area (Å²) in [5.74, 6) is 0.319. The Balaban J connectivity index is 1.78. The molecule has 3 aromatic rings. The van der Waals surface area contributed by atoms with Gasteiger partial charge >= 0.3 is 0 Å². The van der Waals surface area contributed by atoms with Gasteiger partial charge in [0.2, 0.25) is 10.7 Å². The fourth-order valence-electron chi connectivity index (χ4n) is 3.46. The highest BCUT2D eigenvalue weighted by Gasteiger charge is 2.20. The van der Waals surface area contributed by atoms with E-state index in [1.165, 1.54) is 21.9 Å². The molecule has 1 aromatic carbocycles. The number of nitrogens with zero attached hydrogens (tertiary/aromatic N) is 3. The average Bonchev–Trinajstić information content (AvgIpc) is 3.18. The van der Waals surface area contributed by atoms with Gasteiger partial charge in [-0.1, -0.05) is 54.7 Å². The van der Waals surface area contributed by atoms with Crippen molar-refractivity contribution in [3.63, 3.8) is 0 Å². The Morgan fingerprint density at radius 1 is 1.19 bits per heavy atom. The first kappa shape index (κ1) is 20.7. The van der Waals surface area contributed by atoms with Gasteiger partial charge in [-0.2, -0.15) is 14.6 Å². The molecule has 4 rings (SSSR count). The molecule has 0 fully saturated rings. The first-order valence-corrected chi connectivity index (χ1v) is 10.9. The zero-order chi connectivity index (χ0) is 22.0. The maximum atomic E-state index is 12.7. The van der Waals surface area contributed by atoms with E-state index in [1.54, 1.807) is 25.2 Å². The summed E-state index contributed by atoms with van der Waals surface area (Å²) in [6.07, 6.45) is 7.08. The summed E-state index contributed by atoms with van der Waals surface area (Å²) in [4.78, 5) is 29.2. The maximum Gasteiger partial charge on any atom is 0.283 e. The molecule has 1 atom stereocenters. The topological polar surface area (TPSA) is 99.6 Å². The van der Waals surface area contributed by atoms with Crippen LogP contribution in [0.3, 0.4) is 0 Å². The number of allylic oxidation sites excluding steroid dienone is 4. The molecule has 0 radical (unpaired) electrons. The molecule has 2 N–H and O–H groups in total. The Morgan fingerprint density at radius 3 is 2.68 bits per heavy atom. The van der Waals surface area contributed by atoms with Gasteiger partial charge in [0.05, 0.1) is 12.2 Å². The van der Waals surface area contributed by atoms with E-state index in [9.17, 15) is 9.59 Å². The van der Waals surface area contributed by atoms with Gasteiger partial charge in [-0.05, 0) is 42.7 Å². The number of ketones is 1. The third-order valence-corrected chi connectivity index (χ3v) is 6.02. The number of benzene rings is 1. The molecule has 0 spiro atoms. The van der Waals surface area contributed by atoms with Crippen LogP contribution in [0.4, 0.5) is 5.82 Å². The molecule has 0 amide bonds. The van der Waals surface area contributed by atoms with Gasteiger partial charge in [0.15, 0.2) is 5.76 Å². The zero-order valence-electron chi connectivity index (χ0n) is 17.2. The monoisotopic (exact) mass is 434 g/mol. The number of fused-ring (bicyclic) bond motifs is 1. The number of rotatable bonds is 6. The summed E-state index contributed by atoms with van der Waals surface area (Å²) >= 11 is 1.36. The van der Waals surface area contributed by atoms with E-state index in [4.69, 9.17) is 10.5 Å². The number of nitrogens with two attached hydrogens (primary N) is 1. The van der Waals surface area contributed by atoms with Crippen LogP contribution in [-0.4, -0.2) is 27.0 Å². The summed E-state index contributed by atoms with van der Waals surface area (Å²) in [5, 5.41) is 5.52. The summed E-state index contributed by atoms with van der Waals surface area (Å²) in [6.45, 7) is 4.27. The fourth-order valence-corrected chi connectivity index (χ4v) is 4.57. The van der Waals surface area contributed by atoms with Crippen molar-refractivity contribution in [2.45, 2.75) is 26.2 Å². The van der Waals surface area contributed by atoms with Crippen LogP contribution in [0, 0.1) is 0 Å². The fraction of sp³-hybridized carbons (Fsp3) is 0.217. The lowest BCUT2D eigenvalue weighted by molar-refractivity contribution is -0.114. The van der Waals surface area contributed by atoms with Crippen LogP contribution < -0.4 is 11.3 Å². The SMILES string of the molecule is CCOC1=CC(=Cc2c(N)n3nc([C@@H](CC)c4ccccc4)sc3nc2=O)C=CC1=O. The van der Waals surface area contributed by atoms with Crippen LogP contribution in [0.1, 0.15) is 42.3 Å². The number of hydrogen-bond acceptors (Lipinski definition) is 7. The van der Waals surface area contributed by atoms with E-state index in [0.29, 0.717) is 17.1 Å². The number of anilines is 1. The predicted molar refractivity (Wildman–Crippen MR) is 122 cm³/mol. The van der Waals surface area contributed by atoms with E-state index in [2.05, 4.69) is 29.1 Å². The summed E-state index contributed by atoms with van der Waals surface area (Å²) in [7, 11) is 0. The zero-order valence-corrected chi connectivity index (χ0v) is 18.1. The highest BCUT2D eigenvalue weighted by atomic mass is 32.1. The lowest BCUT2D eigenvalue weighted by atomic mass is 9.97. The lowest BCUT2D eigenvalue weighted by Crippen LogP contribution is -2.17. The van der Waals surface area contributed by atoms with Crippen molar-refractivity contribution in [1.82, 2.24) is 14.6 Å². The molecular weight excluding hydrogens is 412 g/mol. The predicted octanol–water partition coefficient (Wildman–Crippen LogP) is 3.72. The number of ether oxygens (including phenoxy) is 1. The van der Waals surface area contributed by atoms with Crippen LogP contribution >= 0.6 is 11.3 Å². The van der Waals surface area contributed by atoms with Crippen molar-refractivity contribution in [3.05, 3.63) is 86.4 Å². The quantitative estimate of drug-likeness (QED) is 0.635. The summed E-state index contributed by atoms with van der Waals surface area (Å²) < 4.78 is 6.87. The van der Waals surface area contributed by atoms with Gasteiger partial charge in [0.25, 0.3) is 5.56 Å². The number of carbonyl (C=O) groups excluding carboxylic acids is 1. The Kier molecular flexibility index (Phi) is 5.81. The van der Waals surface area contributed by atoms with Crippen LogP contribution in [0.2, 0.25) is 0 Å². The van der Waals surface area contributed by atoms with Crippen LogP contribution in [-0.2, 0) is 9.53 Å². The molecular formula is C23H22N4O3S. The van der Waals surface area contributed by atoms with Gasteiger partial charge in [-0.3, -0.25) is 9.59 Å². The number of nitrogen functional groups attached to an aromatic ring is 1. The van der Waals surface area contributed by atoms with E-state index < -0.39 is 5.56 Å². The molecule has 0 aliphatic heterocycles. The van der Waals surface area contributed by atoms with Crippen LogP contribution in [0.15, 0.2) is 64.7 Å². The van der Waals surface area contributed by atoms with Gasteiger partial charge < -0.3 is 10.5 Å². The molecule has 0 saturated carbocycles.